The Labute approximate surface area is 198 Å². The topological polar surface area (TPSA) is 43.8 Å². The summed E-state index contributed by atoms with van der Waals surface area (Å²) in [5.41, 5.74) is 5.31. The van der Waals surface area contributed by atoms with Crippen LogP contribution in [0.5, 0.6) is 5.75 Å². The van der Waals surface area contributed by atoms with E-state index in [-0.39, 0.29) is 13.2 Å². The first-order valence-corrected chi connectivity index (χ1v) is 11.9. The van der Waals surface area contributed by atoms with E-state index in [1.165, 1.54) is 11.1 Å². The minimum Gasteiger partial charge on any atom is -0.506 e. The molecule has 1 heterocycles. The highest BCUT2D eigenvalue weighted by molar-refractivity contribution is 7.85. The smallest absolute Gasteiger partial charge is 0.138 e. The number of rotatable bonds is 6. The van der Waals surface area contributed by atoms with Gasteiger partial charge in [-0.25, -0.2) is 4.21 Å². The lowest BCUT2D eigenvalue weighted by Gasteiger charge is -2.35. The first kappa shape index (κ1) is 24.3. The molecule has 0 saturated heterocycles. The molecule has 3 aromatic carbocycles. The molecule has 0 radical (unpaired) electrons. The Morgan fingerprint density at radius 2 is 1.78 bits per heavy atom. The van der Waals surface area contributed by atoms with Crippen molar-refractivity contribution in [1.29, 1.82) is 0 Å². The lowest BCUT2D eigenvalue weighted by Crippen LogP contribution is -2.29. The molecular weight excluding hydrogens is 440 g/mol. The van der Waals surface area contributed by atoms with Gasteiger partial charge in [-0.2, -0.15) is 0 Å². The average molecular weight is 471 g/mol. The Morgan fingerprint density at radius 1 is 1.03 bits per heavy atom. The molecule has 1 aliphatic rings. The summed E-state index contributed by atoms with van der Waals surface area (Å²) in [6, 6.07) is 17.5. The summed E-state index contributed by atoms with van der Waals surface area (Å²) in [6.45, 7) is 6.51. The number of hydrogen-bond donors (Lipinski definition) is 1. The maximum Gasteiger partial charge on any atom is 0.138 e. The van der Waals surface area contributed by atoms with Gasteiger partial charge in [-0.1, -0.05) is 49.4 Å². The van der Waals surface area contributed by atoms with E-state index in [0.29, 0.717) is 11.6 Å². The van der Waals surface area contributed by atoms with Crippen LogP contribution in [0.25, 0.3) is 0 Å². The predicted octanol–water partition coefficient (Wildman–Crippen LogP) is 6.44. The second-order valence-electron chi connectivity index (χ2n) is 8.08. The van der Waals surface area contributed by atoms with Gasteiger partial charge in [0.05, 0.1) is 37.0 Å². The summed E-state index contributed by atoms with van der Waals surface area (Å²) >= 11 is 6.04. The molecule has 1 atom stereocenters. The third-order valence-electron chi connectivity index (χ3n) is 5.92. The van der Waals surface area contributed by atoms with Gasteiger partial charge in [0.1, 0.15) is 5.75 Å². The highest BCUT2D eigenvalue weighted by Crippen LogP contribution is 2.44. The maximum atomic E-state index is 13.2. The molecule has 0 saturated carbocycles. The number of phenolic OH excluding ortho intramolecular Hbond substituents is 1. The molecule has 0 fully saturated rings. The molecule has 0 aliphatic carbocycles. The van der Waals surface area contributed by atoms with E-state index in [0.717, 1.165) is 46.2 Å². The van der Waals surface area contributed by atoms with Crippen molar-refractivity contribution < 1.29 is 9.32 Å². The molecular formula is C26H31ClN2O2S. The van der Waals surface area contributed by atoms with Crippen molar-refractivity contribution in [3.05, 3.63) is 76.3 Å². The lowest BCUT2D eigenvalue weighted by molar-refractivity contribution is 0.317. The number of fused-ring (bicyclic) bond motifs is 2. The fourth-order valence-corrected chi connectivity index (χ4v) is 5.76. The number of aryl methyl sites for hydroxylation is 1. The molecule has 3 aromatic rings. The van der Waals surface area contributed by atoms with Crippen LogP contribution in [0.1, 0.15) is 30.5 Å². The summed E-state index contributed by atoms with van der Waals surface area (Å²) in [5, 5.41) is 10.6. The average Bonchev–Trinajstić information content (AvgIpc) is 2.76. The number of aromatic hydroxyl groups is 1. The van der Waals surface area contributed by atoms with Crippen LogP contribution >= 0.6 is 11.6 Å². The fraction of sp³-hybridized carbons (Fsp3) is 0.308. The third kappa shape index (κ3) is 4.56. The third-order valence-corrected chi connectivity index (χ3v) is 7.70. The van der Waals surface area contributed by atoms with Crippen LogP contribution in [0, 0.1) is 13.8 Å². The Bertz CT molecular complexity index is 1150. The maximum absolute atomic E-state index is 13.2. The molecule has 170 valence electrons. The molecule has 1 unspecified atom stereocenters. The monoisotopic (exact) mass is 470 g/mol. The van der Waals surface area contributed by atoms with Crippen molar-refractivity contribution in [2.75, 3.05) is 25.0 Å². The zero-order valence-corrected chi connectivity index (χ0v) is 19.6. The molecule has 4 nitrogen and oxygen atoms in total. The fourth-order valence-electron chi connectivity index (χ4n) is 4.13. The van der Waals surface area contributed by atoms with E-state index in [1.54, 1.807) is 6.07 Å². The summed E-state index contributed by atoms with van der Waals surface area (Å²) in [5.74, 6) is 0.156. The van der Waals surface area contributed by atoms with Gasteiger partial charge in [0.2, 0.25) is 0 Å². The number of phenols is 1. The summed E-state index contributed by atoms with van der Waals surface area (Å²) in [7, 11) is 0.877. The number of para-hydroxylation sites is 2. The van der Waals surface area contributed by atoms with Crippen LogP contribution in [0.15, 0.2) is 64.4 Å². The van der Waals surface area contributed by atoms with Gasteiger partial charge in [0.15, 0.2) is 0 Å². The standard InChI is InChI=1S/C25H27ClN2O2S.CH4/c1-17-12-13-23-24(18(17)2)28(21-10-4-5-11-22(21)31(23)30)15-7-14-27(3)16-19-8-6-9-20(26)25(19)29;/h4-6,8-13,29H,7,14-16H2,1-3H3;1H4. The highest BCUT2D eigenvalue weighted by Gasteiger charge is 2.29. The van der Waals surface area contributed by atoms with Crippen molar-refractivity contribution in [2.24, 2.45) is 0 Å². The Hall–Kier alpha value is -2.34. The molecule has 0 bridgehead atoms. The van der Waals surface area contributed by atoms with E-state index in [2.05, 4.69) is 35.8 Å². The van der Waals surface area contributed by atoms with Crippen LogP contribution in [0.4, 0.5) is 11.4 Å². The van der Waals surface area contributed by atoms with Crippen LogP contribution in [0.2, 0.25) is 5.02 Å². The number of nitrogens with zero attached hydrogens (tertiary/aromatic N) is 2. The zero-order valence-electron chi connectivity index (χ0n) is 18.1. The first-order chi connectivity index (χ1) is 14.9. The molecule has 4 rings (SSSR count). The Morgan fingerprint density at radius 3 is 2.56 bits per heavy atom. The molecule has 0 aromatic heterocycles. The largest absolute Gasteiger partial charge is 0.506 e. The van der Waals surface area contributed by atoms with Crippen molar-refractivity contribution in [2.45, 2.75) is 44.0 Å². The Kier molecular flexibility index (Phi) is 7.65. The predicted molar refractivity (Wildman–Crippen MR) is 135 cm³/mol. The summed E-state index contributed by atoms with van der Waals surface area (Å²) in [4.78, 5) is 6.26. The first-order valence-electron chi connectivity index (χ1n) is 10.4. The molecule has 32 heavy (non-hydrogen) atoms. The van der Waals surface area contributed by atoms with Crippen LogP contribution in [-0.4, -0.2) is 34.4 Å². The van der Waals surface area contributed by atoms with E-state index >= 15 is 0 Å². The normalized spacial score (nSPS) is 14.7. The van der Waals surface area contributed by atoms with Crippen LogP contribution in [-0.2, 0) is 17.3 Å². The van der Waals surface area contributed by atoms with Gasteiger partial charge >= 0.3 is 0 Å². The minimum atomic E-state index is -1.17. The van der Waals surface area contributed by atoms with Gasteiger partial charge in [-0.15, -0.1) is 0 Å². The lowest BCUT2D eigenvalue weighted by atomic mass is 10.1. The zero-order chi connectivity index (χ0) is 22.1. The van der Waals surface area contributed by atoms with Gasteiger partial charge in [0.25, 0.3) is 0 Å². The van der Waals surface area contributed by atoms with Crippen molar-refractivity contribution >= 4 is 33.8 Å². The molecule has 1 N–H and O–H groups in total. The van der Waals surface area contributed by atoms with Crippen molar-refractivity contribution in [3.8, 4) is 5.75 Å². The summed E-state index contributed by atoms with van der Waals surface area (Å²) in [6.07, 6.45) is 0.922. The van der Waals surface area contributed by atoms with E-state index < -0.39 is 10.8 Å². The highest BCUT2D eigenvalue weighted by atomic mass is 35.5. The van der Waals surface area contributed by atoms with Gasteiger partial charge in [-0.3, -0.25) is 0 Å². The van der Waals surface area contributed by atoms with E-state index in [1.807, 2.05) is 43.4 Å². The number of hydrogen-bond acceptors (Lipinski definition) is 4. The minimum absolute atomic E-state index is 0. The van der Waals surface area contributed by atoms with Crippen molar-refractivity contribution in [1.82, 2.24) is 4.90 Å². The number of benzene rings is 3. The van der Waals surface area contributed by atoms with Gasteiger partial charge < -0.3 is 14.9 Å². The molecule has 6 heteroatoms. The quantitative estimate of drug-likeness (QED) is 0.450. The molecule has 0 amide bonds. The summed E-state index contributed by atoms with van der Waals surface area (Å²) < 4.78 is 13.2. The SMILES string of the molecule is C.Cc1ccc2c(c1C)N(CCCN(C)Cc1cccc(Cl)c1O)c1ccccc1S2=O. The van der Waals surface area contributed by atoms with E-state index in [4.69, 9.17) is 11.6 Å². The van der Waals surface area contributed by atoms with Crippen LogP contribution < -0.4 is 4.90 Å². The molecule has 0 spiro atoms. The Balaban J connectivity index is 0.00000289. The second-order valence-corrected chi connectivity index (χ2v) is 9.91. The molecule has 1 aliphatic heterocycles. The second kappa shape index (κ2) is 10.1. The van der Waals surface area contributed by atoms with Crippen LogP contribution in [0.3, 0.4) is 0 Å². The van der Waals surface area contributed by atoms with E-state index in [9.17, 15) is 9.32 Å². The van der Waals surface area contributed by atoms with Gasteiger partial charge in [0, 0.05) is 18.7 Å². The van der Waals surface area contributed by atoms with Gasteiger partial charge in [-0.05, 0) is 69.3 Å². The van der Waals surface area contributed by atoms with Crippen molar-refractivity contribution in [3.63, 3.8) is 0 Å². The number of anilines is 2. The number of halogens is 1.